The Hall–Kier alpha value is -0.910. The molecule has 0 bridgehead atoms. The maximum atomic E-state index is 11.7. The van der Waals surface area contributed by atoms with Crippen LogP contribution in [-0.2, 0) is 4.79 Å². The van der Waals surface area contributed by atoms with Crippen LogP contribution in [0.15, 0.2) is 12.2 Å². The predicted molar refractivity (Wildman–Crippen MR) is 108 cm³/mol. The second-order valence-corrected chi connectivity index (χ2v) is 9.78. The Morgan fingerprint density at radius 3 is 2.50 bits per heavy atom. The molecule has 0 aromatic carbocycles. The van der Waals surface area contributed by atoms with Crippen LogP contribution in [0.5, 0.6) is 0 Å². The van der Waals surface area contributed by atoms with E-state index in [2.05, 4.69) is 11.0 Å². The van der Waals surface area contributed by atoms with Crippen LogP contribution in [0.4, 0.5) is 0 Å². The van der Waals surface area contributed by atoms with Gasteiger partial charge in [-0.25, -0.2) is 0 Å². The van der Waals surface area contributed by atoms with Gasteiger partial charge >= 0.3 is 5.97 Å². The fourth-order valence-electron chi connectivity index (χ4n) is 6.73. The summed E-state index contributed by atoms with van der Waals surface area (Å²) >= 11 is 0. The number of fused-ring (bicyclic) bond motifs is 3. The standard InChI is InChI=1S/C23H37NO4/c25-17(12-15-6-3-1-2-4-7-15)10-11-18-19-13-16-8-5-9-20(23(27)28)24(16)21(19)14-22(18)26/h10-11,15-22,25-26H,1-9,12-14H2,(H,27,28)/b11-10+/t16?,17-,18+,19+,20?,21+,22+/m0/s1. The summed E-state index contributed by atoms with van der Waals surface area (Å²) in [6, 6.07) is 0.142. The lowest BCUT2D eigenvalue weighted by Gasteiger charge is -2.38. The fourth-order valence-corrected chi connectivity index (χ4v) is 6.73. The van der Waals surface area contributed by atoms with Crippen molar-refractivity contribution in [3.05, 3.63) is 12.2 Å². The van der Waals surface area contributed by atoms with E-state index in [4.69, 9.17) is 0 Å². The van der Waals surface area contributed by atoms with E-state index in [1.807, 2.05) is 6.08 Å². The van der Waals surface area contributed by atoms with E-state index >= 15 is 0 Å². The lowest BCUT2D eigenvalue weighted by Crippen LogP contribution is -2.51. The Bertz CT molecular complexity index is 571. The molecule has 0 aromatic rings. The van der Waals surface area contributed by atoms with E-state index in [0.717, 1.165) is 32.1 Å². The molecule has 158 valence electrons. The number of aliphatic hydroxyl groups is 2. The summed E-state index contributed by atoms with van der Waals surface area (Å²) in [5.41, 5.74) is 0. The summed E-state index contributed by atoms with van der Waals surface area (Å²) in [7, 11) is 0. The van der Waals surface area contributed by atoms with Crippen molar-refractivity contribution in [1.29, 1.82) is 0 Å². The molecule has 2 aliphatic carbocycles. The van der Waals surface area contributed by atoms with Crippen molar-refractivity contribution in [2.45, 2.75) is 107 Å². The molecule has 5 heteroatoms. The SMILES string of the molecule is O=C(O)C1CCCC2C[C@@H]3[C@@H](/C=C/[C@H](O)CC4CCCCCC4)[C@H](O)C[C@H]3N21. The summed E-state index contributed by atoms with van der Waals surface area (Å²) in [4.78, 5) is 13.9. The molecule has 4 fully saturated rings. The Morgan fingerprint density at radius 2 is 1.79 bits per heavy atom. The number of carboxylic acids is 1. The third kappa shape index (κ3) is 4.17. The molecule has 5 nitrogen and oxygen atoms in total. The molecule has 0 aromatic heterocycles. The van der Waals surface area contributed by atoms with E-state index in [-0.39, 0.29) is 18.0 Å². The van der Waals surface area contributed by atoms with Gasteiger partial charge in [0.15, 0.2) is 0 Å². The first-order chi connectivity index (χ1) is 13.5. The van der Waals surface area contributed by atoms with Gasteiger partial charge in [-0.15, -0.1) is 0 Å². The Balaban J connectivity index is 1.38. The molecular weight excluding hydrogens is 354 g/mol. The molecule has 4 aliphatic rings. The third-order valence-corrected chi connectivity index (χ3v) is 8.03. The predicted octanol–water partition coefficient (Wildman–Crippen LogP) is 3.34. The van der Waals surface area contributed by atoms with Crippen molar-refractivity contribution in [1.82, 2.24) is 4.90 Å². The van der Waals surface area contributed by atoms with Crippen molar-refractivity contribution < 1.29 is 20.1 Å². The molecule has 2 saturated carbocycles. The summed E-state index contributed by atoms with van der Waals surface area (Å²) in [5.74, 6) is 0.285. The molecule has 0 spiro atoms. The number of hydrogen-bond donors (Lipinski definition) is 3. The van der Waals surface area contributed by atoms with Gasteiger partial charge in [0.1, 0.15) is 6.04 Å². The second kappa shape index (κ2) is 8.85. The highest BCUT2D eigenvalue weighted by Gasteiger charge is 2.54. The van der Waals surface area contributed by atoms with Crippen LogP contribution < -0.4 is 0 Å². The van der Waals surface area contributed by atoms with Gasteiger partial charge < -0.3 is 15.3 Å². The first kappa shape index (κ1) is 20.4. The normalized spacial score (nSPS) is 40.9. The monoisotopic (exact) mass is 391 g/mol. The Morgan fingerprint density at radius 1 is 1.04 bits per heavy atom. The van der Waals surface area contributed by atoms with E-state index < -0.39 is 18.2 Å². The van der Waals surface area contributed by atoms with Crippen LogP contribution in [0.25, 0.3) is 0 Å². The minimum atomic E-state index is -0.711. The van der Waals surface area contributed by atoms with Crippen molar-refractivity contribution in [2.75, 3.05) is 0 Å². The van der Waals surface area contributed by atoms with Crippen LogP contribution >= 0.6 is 0 Å². The average molecular weight is 392 g/mol. The topological polar surface area (TPSA) is 81.0 Å². The van der Waals surface area contributed by atoms with Gasteiger partial charge in [0.05, 0.1) is 12.2 Å². The quantitative estimate of drug-likeness (QED) is 0.495. The van der Waals surface area contributed by atoms with Crippen LogP contribution in [-0.4, -0.2) is 56.5 Å². The number of rotatable bonds is 5. The van der Waals surface area contributed by atoms with Crippen LogP contribution in [0, 0.1) is 17.8 Å². The smallest absolute Gasteiger partial charge is 0.320 e. The molecule has 2 saturated heterocycles. The van der Waals surface area contributed by atoms with Gasteiger partial charge in [-0.3, -0.25) is 9.69 Å². The largest absolute Gasteiger partial charge is 0.480 e. The summed E-state index contributed by atoms with van der Waals surface area (Å²) in [6.45, 7) is 0. The van der Waals surface area contributed by atoms with Crippen molar-refractivity contribution >= 4 is 5.97 Å². The lowest BCUT2D eigenvalue weighted by atomic mass is 9.88. The Kier molecular flexibility index (Phi) is 6.43. The van der Waals surface area contributed by atoms with Crippen LogP contribution in [0.3, 0.4) is 0 Å². The number of nitrogens with zero attached hydrogens (tertiary/aromatic N) is 1. The zero-order chi connectivity index (χ0) is 19.7. The lowest BCUT2D eigenvalue weighted by molar-refractivity contribution is -0.146. The maximum Gasteiger partial charge on any atom is 0.320 e. The number of carbonyl (C=O) groups is 1. The van der Waals surface area contributed by atoms with E-state index in [1.54, 1.807) is 0 Å². The summed E-state index contributed by atoms with van der Waals surface area (Å²) < 4.78 is 0. The van der Waals surface area contributed by atoms with E-state index in [0.29, 0.717) is 24.3 Å². The van der Waals surface area contributed by atoms with Gasteiger partial charge in [-0.2, -0.15) is 0 Å². The molecule has 3 N–H and O–H groups in total. The second-order valence-electron chi connectivity index (χ2n) is 9.78. The summed E-state index contributed by atoms with van der Waals surface area (Å²) in [5, 5.41) is 30.9. The average Bonchev–Trinajstić information content (AvgIpc) is 3.02. The van der Waals surface area contributed by atoms with Gasteiger partial charge in [0.2, 0.25) is 0 Å². The highest BCUT2D eigenvalue weighted by Crippen LogP contribution is 2.49. The zero-order valence-corrected chi connectivity index (χ0v) is 17.0. The Labute approximate surface area is 168 Å². The van der Waals surface area contributed by atoms with E-state index in [9.17, 15) is 20.1 Å². The molecule has 2 aliphatic heterocycles. The third-order valence-electron chi connectivity index (χ3n) is 8.03. The first-order valence-corrected chi connectivity index (χ1v) is 11.6. The number of aliphatic hydroxyl groups excluding tert-OH is 2. The van der Waals surface area contributed by atoms with Gasteiger partial charge in [0.25, 0.3) is 0 Å². The number of piperidine rings is 1. The minimum absolute atomic E-state index is 0.0498. The number of carboxylic acid groups (broad SMARTS) is 1. The fraction of sp³-hybridized carbons (Fsp3) is 0.870. The molecule has 4 rings (SSSR count). The van der Waals surface area contributed by atoms with Crippen molar-refractivity contribution in [2.24, 2.45) is 17.8 Å². The number of hydrogen-bond acceptors (Lipinski definition) is 4. The van der Waals surface area contributed by atoms with Crippen molar-refractivity contribution in [3.8, 4) is 0 Å². The van der Waals surface area contributed by atoms with E-state index in [1.165, 1.54) is 38.5 Å². The molecule has 0 amide bonds. The van der Waals surface area contributed by atoms with Crippen LogP contribution in [0.2, 0.25) is 0 Å². The highest BCUT2D eigenvalue weighted by atomic mass is 16.4. The molecular formula is C23H37NO4. The molecule has 2 unspecified atom stereocenters. The number of aliphatic carboxylic acids is 1. The van der Waals surface area contributed by atoms with Gasteiger partial charge in [0, 0.05) is 18.0 Å². The summed E-state index contributed by atoms with van der Waals surface area (Å²) in [6.07, 6.45) is 16.1. The van der Waals surface area contributed by atoms with Gasteiger partial charge in [-0.05, 0) is 50.4 Å². The van der Waals surface area contributed by atoms with Gasteiger partial charge in [-0.1, -0.05) is 50.7 Å². The zero-order valence-electron chi connectivity index (χ0n) is 17.0. The highest BCUT2D eigenvalue weighted by molar-refractivity contribution is 5.73. The molecule has 0 radical (unpaired) electrons. The van der Waals surface area contributed by atoms with Crippen LogP contribution in [0.1, 0.15) is 77.0 Å². The molecule has 28 heavy (non-hydrogen) atoms. The maximum absolute atomic E-state index is 11.7. The molecule has 2 heterocycles. The first-order valence-electron chi connectivity index (χ1n) is 11.6. The van der Waals surface area contributed by atoms with Crippen molar-refractivity contribution in [3.63, 3.8) is 0 Å². The molecule has 7 atom stereocenters. The minimum Gasteiger partial charge on any atom is -0.480 e.